The fraction of sp³-hybridized carbons (Fsp3) is 0.733. The summed E-state index contributed by atoms with van der Waals surface area (Å²) >= 11 is 0. The first-order valence-corrected chi connectivity index (χ1v) is 7.77. The predicted octanol–water partition coefficient (Wildman–Crippen LogP) is 2.62. The number of hydrogen-bond donors (Lipinski definition) is 2. The Balaban J connectivity index is 1.72. The fourth-order valence-corrected chi connectivity index (χ4v) is 3.90. The number of hydrogen-bond acceptors (Lipinski definition) is 5. The molecule has 3 rings (SSSR count). The van der Waals surface area contributed by atoms with Crippen LogP contribution in [-0.4, -0.2) is 23.1 Å². The van der Waals surface area contributed by atoms with Gasteiger partial charge >= 0.3 is 0 Å². The number of nitrogen functional groups attached to an aromatic ring is 1. The summed E-state index contributed by atoms with van der Waals surface area (Å²) in [4.78, 5) is 11.0. The van der Waals surface area contributed by atoms with Gasteiger partial charge in [0.05, 0.1) is 0 Å². The molecule has 0 radical (unpaired) electrons. The Bertz CT molecular complexity index is 457. The molecule has 2 aliphatic rings. The van der Waals surface area contributed by atoms with Crippen LogP contribution in [0, 0.1) is 12.3 Å². The number of hydrazine groups is 1. The largest absolute Gasteiger partial charge is 0.356 e. The summed E-state index contributed by atoms with van der Waals surface area (Å²) in [6.45, 7) is 4.26. The van der Waals surface area contributed by atoms with Crippen LogP contribution in [-0.2, 0) is 0 Å². The van der Waals surface area contributed by atoms with Crippen LogP contribution in [0.15, 0.2) is 6.33 Å². The Morgan fingerprint density at radius 1 is 1.10 bits per heavy atom. The van der Waals surface area contributed by atoms with Gasteiger partial charge in [-0.2, -0.15) is 0 Å². The first-order valence-electron chi connectivity index (χ1n) is 7.77. The van der Waals surface area contributed by atoms with Crippen LogP contribution in [0.3, 0.4) is 0 Å². The number of anilines is 2. The van der Waals surface area contributed by atoms with Gasteiger partial charge in [0.25, 0.3) is 0 Å². The Hall–Kier alpha value is -1.36. The summed E-state index contributed by atoms with van der Waals surface area (Å²) in [6.07, 6.45) is 11.4. The summed E-state index contributed by atoms with van der Waals surface area (Å²) in [5.41, 5.74) is 4.33. The maximum Gasteiger partial charge on any atom is 0.148 e. The quantitative estimate of drug-likeness (QED) is 0.641. The van der Waals surface area contributed by atoms with E-state index in [-0.39, 0.29) is 0 Å². The van der Waals surface area contributed by atoms with Crippen molar-refractivity contribution in [3.8, 4) is 0 Å². The van der Waals surface area contributed by atoms with Crippen molar-refractivity contribution in [3.63, 3.8) is 0 Å². The van der Waals surface area contributed by atoms with Gasteiger partial charge in [0.1, 0.15) is 18.0 Å². The first kappa shape index (κ1) is 13.6. The van der Waals surface area contributed by atoms with E-state index in [1.165, 1.54) is 44.9 Å². The van der Waals surface area contributed by atoms with Gasteiger partial charge < -0.3 is 10.3 Å². The van der Waals surface area contributed by atoms with Gasteiger partial charge in [0.2, 0.25) is 0 Å². The Morgan fingerprint density at radius 3 is 2.45 bits per heavy atom. The molecule has 1 saturated heterocycles. The van der Waals surface area contributed by atoms with Gasteiger partial charge in [0, 0.05) is 18.7 Å². The lowest BCUT2D eigenvalue weighted by Gasteiger charge is -2.45. The average Bonchev–Trinajstić information content (AvgIpc) is 2.50. The third kappa shape index (κ3) is 2.46. The maximum atomic E-state index is 5.50. The van der Waals surface area contributed by atoms with E-state index in [9.17, 15) is 0 Å². The van der Waals surface area contributed by atoms with Gasteiger partial charge in [-0.25, -0.2) is 15.8 Å². The number of nitrogens with one attached hydrogen (secondary N) is 1. The highest BCUT2D eigenvalue weighted by Crippen LogP contribution is 2.45. The van der Waals surface area contributed by atoms with Crippen LogP contribution in [0.1, 0.15) is 50.5 Å². The SMILES string of the molecule is Cc1c(NN)ncnc1N1CCC2(CCCCC2)CC1. The topological polar surface area (TPSA) is 67.1 Å². The molecule has 110 valence electrons. The molecule has 0 atom stereocenters. The summed E-state index contributed by atoms with van der Waals surface area (Å²) in [6, 6.07) is 0. The van der Waals surface area contributed by atoms with Crippen molar-refractivity contribution in [1.82, 2.24) is 9.97 Å². The van der Waals surface area contributed by atoms with E-state index in [0.717, 1.165) is 30.3 Å². The molecule has 1 aliphatic heterocycles. The molecule has 1 spiro atoms. The highest BCUT2D eigenvalue weighted by molar-refractivity contribution is 5.57. The van der Waals surface area contributed by atoms with Crippen molar-refractivity contribution in [3.05, 3.63) is 11.9 Å². The van der Waals surface area contributed by atoms with Crippen LogP contribution in [0.25, 0.3) is 0 Å². The second-order valence-corrected chi connectivity index (χ2v) is 6.36. The minimum atomic E-state index is 0.630. The lowest BCUT2D eigenvalue weighted by atomic mass is 9.68. The van der Waals surface area contributed by atoms with Crippen molar-refractivity contribution in [2.45, 2.75) is 51.9 Å². The Labute approximate surface area is 120 Å². The zero-order valence-electron chi connectivity index (χ0n) is 12.4. The fourth-order valence-electron chi connectivity index (χ4n) is 3.90. The van der Waals surface area contributed by atoms with Crippen LogP contribution in [0.5, 0.6) is 0 Å². The number of rotatable bonds is 2. The number of nitrogens with two attached hydrogens (primary N) is 1. The molecule has 1 aromatic rings. The number of piperidine rings is 1. The van der Waals surface area contributed by atoms with E-state index in [1.54, 1.807) is 6.33 Å². The van der Waals surface area contributed by atoms with Crippen molar-refractivity contribution in [1.29, 1.82) is 0 Å². The van der Waals surface area contributed by atoms with Crippen molar-refractivity contribution in [2.24, 2.45) is 11.3 Å². The molecule has 1 saturated carbocycles. The molecule has 1 aliphatic carbocycles. The molecular formula is C15H25N5. The van der Waals surface area contributed by atoms with Crippen molar-refractivity contribution in [2.75, 3.05) is 23.4 Å². The normalized spacial score (nSPS) is 22.0. The smallest absolute Gasteiger partial charge is 0.148 e. The van der Waals surface area contributed by atoms with E-state index < -0.39 is 0 Å². The molecule has 2 heterocycles. The van der Waals surface area contributed by atoms with Gasteiger partial charge in [-0.1, -0.05) is 19.3 Å². The monoisotopic (exact) mass is 275 g/mol. The summed E-state index contributed by atoms with van der Waals surface area (Å²) in [5.74, 6) is 7.27. The lowest BCUT2D eigenvalue weighted by molar-refractivity contribution is 0.144. The zero-order valence-corrected chi connectivity index (χ0v) is 12.4. The third-order valence-corrected chi connectivity index (χ3v) is 5.23. The third-order valence-electron chi connectivity index (χ3n) is 5.23. The first-order chi connectivity index (χ1) is 9.74. The van der Waals surface area contributed by atoms with Gasteiger partial charge in [0.15, 0.2) is 0 Å². The van der Waals surface area contributed by atoms with Gasteiger partial charge in [-0.15, -0.1) is 0 Å². The highest BCUT2D eigenvalue weighted by atomic mass is 15.3. The standard InChI is InChI=1S/C15H25N5/c1-12-13(19-16)17-11-18-14(12)20-9-7-15(8-10-20)5-3-2-4-6-15/h11H,2-10,16H2,1H3,(H,17,18,19). The Kier molecular flexibility index (Phi) is 3.78. The van der Waals surface area contributed by atoms with E-state index in [1.807, 2.05) is 6.92 Å². The van der Waals surface area contributed by atoms with Crippen molar-refractivity contribution < 1.29 is 0 Å². The number of aromatic nitrogens is 2. The predicted molar refractivity (Wildman–Crippen MR) is 81.5 cm³/mol. The number of nitrogens with zero attached hydrogens (tertiary/aromatic N) is 3. The summed E-state index contributed by atoms with van der Waals surface area (Å²) in [7, 11) is 0. The van der Waals surface area contributed by atoms with E-state index in [4.69, 9.17) is 5.84 Å². The van der Waals surface area contributed by atoms with Crippen LogP contribution < -0.4 is 16.2 Å². The molecule has 0 bridgehead atoms. The van der Waals surface area contributed by atoms with Crippen molar-refractivity contribution >= 4 is 11.6 Å². The van der Waals surface area contributed by atoms with Gasteiger partial charge in [-0.3, -0.25) is 0 Å². The minimum Gasteiger partial charge on any atom is -0.356 e. The van der Waals surface area contributed by atoms with E-state index in [0.29, 0.717) is 5.41 Å². The molecular weight excluding hydrogens is 250 g/mol. The molecule has 5 heteroatoms. The molecule has 5 nitrogen and oxygen atoms in total. The Morgan fingerprint density at radius 2 is 1.80 bits per heavy atom. The highest BCUT2D eigenvalue weighted by Gasteiger charge is 2.36. The minimum absolute atomic E-state index is 0.630. The van der Waals surface area contributed by atoms with E-state index in [2.05, 4.69) is 20.3 Å². The van der Waals surface area contributed by atoms with Crippen LogP contribution >= 0.6 is 0 Å². The van der Waals surface area contributed by atoms with E-state index >= 15 is 0 Å². The zero-order chi connectivity index (χ0) is 14.0. The second-order valence-electron chi connectivity index (χ2n) is 6.36. The maximum absolute atomic E-state index is 5.50. The average molecular weight is 275 g/mol. The van der Waals surface area contributed by atoms with Gasteiger partial charge in [-0.05, 0) is 38.0 Å². The summed E-state index contributed by atoms with van der Waals surface area (Å²) in [5, 5.41) is 0. The molecule has 0 amide bonds. The lowest BCUT2D eigenvalue weighted by Crippen LogP contribution is -2.41. The van der Waals surface area contributed by atoms with Crippen LogP contribution in [0.2, 0.25) is 0 Å². The molecule has 3 N–H and O–H groups in total. The molecule has 1 aromatic heterocycles. The molecule has 20 heavy (non-hydrogen) atoms. The molecule has 2 fully saturated rings. The second kappa shape index (κ2) is 5.56. The van der Waals surface area contributed by atoms with Crippen LogP contribution in [0.4, 0.5) is 11.6 Å². The molecule has 0 aromatic carbocycles. The summed E-state index contributed by atoms with van der Waals surface area (Å²) < 4.78 is 0. The molecule has 0 unspecified atom stereocenters.